The normalized spacial score (nSPS) is 15.5. The van der Waals surface area contributed by atoms with Gasteiger partial charge in [-0.05, 0) is 25.0 Å². The smallest absolute Gasteiger partial charge is 0.196 e. The van der Waals surface area contributed by atoms with Gasteiger partial charge in [-0.25, -0.2) is 9.97 Å². The van der Waals surface area contributed by atoms with Crippen molar-refractivity contribution in [2.24, 2.45) is 0 Å². The molecule has 0 aliphatic heterocycles. The van der Waals surface area contributed by atoms with E-state index in [1.807, 2.05) is 12.1 Å². The van der Waals surface area contributed by atoms with Crippen molar-refractivity contribution in [1.29, 1.82) is 0 Å². The number of anilines is 1. The molecule has 0 radical (unpaired) electrons. The molecule has 0 bridgehead atoms. The molecule has 4 nitrogen and oxygen atoms in total. The highest BCUT2D eigenvalue weighted by Crippen LogP contribution is 2.41. The van der Waals surface area contributed by atoms with Gasteiger partial charge in [0, 0.05) is 5.92 Å². The Bertz CT molecular complexity index is 475. The maximum atomic E-state index is 5.83. The van der Waals surface area contributed by atoms with Crippen LogP contribution >= 0.6 is 0 Å². The van der Waals surface area contributed by atoms with Crippen LogP contribution in [0.4, 0.5) is 5.69 Å². The molecule has 2 heterocycles. The molecule has 3 rings (SSSR count). The molecule has 1 saturated carbocycles. The molecule has 0 saturated heterocycles. The molecule has 2 aromatic heterocycles. The maximum absolute atomic E-state index is 5.83. The van der Waals surface area contributed by atoms with Gasteiger partial charge in [0.15, 0.2) is 11.6 Å². The van der Waals surface area contributed by atoms with E-state index in [1.54, 1.807) is 12.5 Å². The standard InChI is InChI=1S/C11H11N3O/c12-8-6-13-11(9-2-1-5-15-9)14-10(8)7-3-4-7/h1-2,5-7H,3-4,12H2. The lowest BCUT2D eigenvalue weighted by Crippen LogP contribution is -1.99. The van der Waals surface area contributed by atoms with Crippen molar-refractivity contribution >= 4 is 5.69 Å². The zero-order valence-corrected chi connectivity index (χ0v) is 8.18. The quantitative estimate of drug-likeness (QED) is 0.808. The Balaban J connectivity index is 2.06. The van der Waals surface area contributed by atoms with Crippen LogP contribution in [0.15, 0.2) is 29.0 Å². The van der Waals surface area contributed by atoms with Crippen molar-refractivity contribution in [3.05, 3.63) is 30.3 Å². The van der Waals surface area contributed by atoms with E-state index < -0.39 is 0 Å². The molecule has 2 N–H and O–H groups in total. The van der Waals surface area contributed by atoms with E-state index in [0.717, 1.165) is 5.69 Å². The van der Waals surface area contributed by atoms with Crippen LogP contribution in [0.1, 0.15) is 24.5 Å². The molecule has 4 heteroatoms. The van der Waals surface area contributed by atoms with E-state index in [-0.39, 0.29) is 0 Å². The molecule has 76 valence electrons. The second kappa shape index (κ2) is 3.08. The number of nitrogen functional groups attached to an aromatic ring is 1. The van der Waals surface area contributed by atoms with Crippen LogP contribution in [-0.2, 0) is 0 Å². The third-order valence-corrected chi connectivity index (χ3v) is 2.55. The molecular weight excluding hydrogens is 190 g/mol. The third-order valence-electron chi connectivity index (χ3n) is 2.55. The lowest BCUT2D eigenvalue weighted by atomic mass is 10.2. The average molecular weight is 201 g/mol. The Hall–Kier alpha value is -1.84. The lowest BCUT2D eigenvalue weighted by Gasteiger charge is -2.03. The SMILES string of the molecule is Nc1cnc(-c2ccco2)nc1C1CC1. The monoisotopic (exact) mass is 201 g/mol. The molecule has 0 unspecified atom stereocenters. The Morgan fingerprint density at radius 2 is 2.27 bits per heavy atom. The van der Waals surface area contributed by atoms with Gasteiger partial charge in [-0.1, -0.05) is 0 Å². The minimum absolute atomic E-state index is 0.529. The summed E-state index contributed by atoms with van der Waals surface area (Å²) < 4.78 is 5.25. The van der Waals surface area contributed by atoms with Crippen molar-refractivity contribution < 1.29 is 4.42 Å². The number of nitrogens with zero attached hydrogens (tertiary/aromatic N) is 2. The molecule has 15 heavy (non-hydrogen) atoms. The number of aromatic nitrogens is 2. The summed E-state index contributed by atoms with van der Waals surface area (Å²) in [7, 11) is 0. The van der Waals surface area contributed by atoms with Gasteiger partial charge in [0.05, 0.1) is 23.8 Å². The Labute approximate surface area is 87.2 Å². The van der Waals surface area contributed by atoms with Crippen molar-refractivity contribution in [3.8, 4) is 11.6 Å². The van der Waals surface area contributed by atoms with E-state index in [4.69, 9.17) is 10.2 Å². The number of hydrogen-bond acceptors (Lipinski definition) is 4. The molecule has 0 amide bonds. The predicted octanol–water partition coefficient (Wildman–Crippen LogP) is 2.20. The van der Waals surface area contributed by atoms with Crippen LogP contribution in [0.3, 0.4) is 0 Å². The summed E-state index contributed by atoms with van der Waals surface area (Å²) in [5.74, 6) is 1.84. The highest BCUT2D eigenvalue weighted by Gasteiger charge is 2.27. The van der Waals surface area contributed by atoms with E-state index in [0.29, 0.717) is 23.2 Å². The molecule has 0 spiro atoms. The van der Waals surface area contributed by atoms with E-state index in [1.165, 1.54) is 12.8 Å². The van der Waals surface area contributed by atoms with Crippen LogP contribution in [-0.4, -0.2) is 9.97 Å². The molecule has 1 aliphatic carbocycles. The van der Waals surface area contributed by atoms with Crippen molar-refractivity contribution in [3.63, 3.8) is 0 Å². The molecule has 1 aliphatic rings. The largest absolute Gasteiger partial charge is 0.461 e. The first-order valence-electron chi connectivity index (χ1n) is 5.01. The minimum atomic E-state index is 0.529. The first kappa shape index (κ1) is 8.47. The Morgan fingerprint density at radius 3 is 2.93 bits per heavy atom. The summed E-state index contributed by atoms with van der Waals surface area (Å²) in [6, 6.07) is 3.67. The molecule has 0 aromatic carbocycles. The highest BCUT2D eigenvalue weighted by molar-refractivity contribution is 5.52. The van der Waals surface area contributed by atoms with Crippen LogP contribution in [0.25, 0.3) is 11.6 Å². The van der Waals surface area contributed by atoms with Gasteiger partial charge in [-0.15, -0.1) is 0 Å². The third kappa shape index (κ3) is 1.48. The molecule has 0 atom stereocenters. The summed E-state index contributed by atoms with van der Waals surface area (Å²) in [4.78, 5) is 8.61. The van der Waals surface area contributed by atoms with Crippen molar-refractivity contribution in [2.75, 3.05) is 5.73 Å². The van der Waals surface area contributed by atoms with Crippen LogP contribution in [0.5, 0.6) is 0 Å². The second-order valence-electron chi connectivity index (χ2n) is 3.79. The predicted molar refractivity (Wildman–Crippen MR) is 56.1 cm³/mol. The lowest BCUT2D eigenvalue weighted by molar-refractivity contribution is 0.577. The topological polar surface area (TPSA) is 64.9 Å². The van der Waals surface area contributed by atoms with Gasteiger partial charge >= 0.3 is 0 Å². The summed E-state index contributed by atoms with van der Waals surface area (Å²) in [6.45, 7) is 0. The van der Waals surface area contributed by atoms with Crippen LogP contribution < -0.4 is 5.73 Å². The number of rotatable bonds is 2. The fourth-order valence-corrected chi connectivity index (χ4v) is 1.61. The number of nitrogens with two attached hydrogens (primary N) is 1. The zero-order valence-electron chi connectivity index (χ0n) is 8.18. The summed E-state index contributed by atoms with van der Waals surface area (Å²) in [5, 5.41) is 0. The minimum Gasteiger partial charge on any atom is -0.461 e. The van der Waals surface area contributed by atoms with E-state index in [9.17, 15) is 0 Å². The summed E-state index contributed by atoms with van der Waals surface area (Å²) in [6.07, 6.45) is 5.64. The molecule has 2 aromatic rings. The second-order valence-corrected chi connectivity index (χ2v) is 3.79. The van der Waals surface area contributed by atoms with E-state index >= 15 is 0 Å². The van der Waals surface area contributed by atoms with Gasteiger partial charge < -0.3 is 10.2 Å². The van der Waals surface area contributed by atoms with Gasteiger partial charge in [-0.2, -0.15) is 0 Å². The van der Waals surface area contributed by atoms with Crippen LogP contribution in [0.2, 0.25) is 0 Å². The number of furan rings is 1. The average Bonchev–Trinajstić information content (AvgIpc) is 2.94. The van der Waals surface area contributed by atoms with Gasteiger partial charge in [0.2, 0.25) is 0 Å². The van der Waals surface area contributed by atoms with Crippen molar-refractivity contribution in [2.45, 2.75) is 18.8 Å². The molecular formula is C11H11N3O. The molecule has 1 fully saturated rings. The van der Waals surface area contributed by atoms with Gasteiger partial charge in [0.1, 0.15) is 0 Å². The maximum Gasteiger partial charge on any atom is 0.196 e. The van der Waals surface area contributed by atoms with Gasteiger partial charge in [-0.3, -0.25) is 0 Å². The first-order valence-corrected chi connectivity index (χ1v) is 5.01. The van der Waals surface area contributed by atoms with Crippen molar-refractivity contribution in [1.82, 2.24) is 9.97 Å². The highest BCUT2D eigenvalue weighted by atomic mass is 16.3. The summed E-state index contributed by atoms with van der Waals surface area (Å²) >= 11 is 0. The fraction of sp³-hybridized carbons (Fsp3) is 0.273. The van der Waals surface area contributed by atoms with Crippen LogP contribution in [0, 0.1) is 0 Å². The zero-order chi connectivity index (χ0) is 10.3. The van der Waals surface area contributed by atoms with E-state index in [2.05, 4.69) is 9.97 Å². The summed E-state index contributed by atoms with van der Waals surface area (Å²) in [5.41, 5.74) is 7.48. The Morgan fingerprint density at radius 1 is 1.40 bits per heavy atom. The number of hydrogen-bond donors (Lipinski definition) is 1. The van der Waals surface area contributed by atoms with Gasteiger partial charge in [0.25, 0.3) is 0 Å². The Kier molecular flexibility index (Phi) is 1.74. The fourth-order valence-electron chi connectivity index (χ4n) is 1.61. The first-order chi connectivity index (χ1) is 7.34.